The monoisotopic (exact) mass is 407 g/mol. The molecule has 1 aromatic heterocycles. The lowest BCUT2D eigenvalue weighted by Crippen LogP contribution is -2.26. The van der Waals surface area contributed by atoms with Crippen LogP contribution in [0.3, 0.4) is 0 Å². The molecule has 6 heteroatoms. The SMILES string of the molecule is CCc1ccc(-c2csc(NC(=O)CCCC(=O)N(C)c3ccccc3)n2)cc1. The second kappa shape index (κ2) is 9.98. The van der Waals surface area contributed by atoms with Gasteiger partial charge in [-0.15, -0.1) is 11.3 Å². The molecule has 3 rings (SSSR count). The third kappa shape index (κ3) is 5.74. The molecule has 2 amide bonds. The Morgan fingerprint density at radius 1 is 1.03 bits per heavy atom. The number of rotatable bonds is 8. The lowest BCUT2D eigenvalue weighted by molar-refractivity contribution is -0.118. The molecular weight excluding hydrogens is 382 g/mol. The predicted octanol–water partition coefficient (Wildman–Crippen LogP) is 5.14. The molecule has 0 saturated heterocycles. The number of para-hydroxylation sites is 1. The van der Waals surface area contributed by atoms with Crippen molar-refractivity contribution in [2.75, 3.05) is 17.3 Å². The molecule has 0 atom stereocenters. The molecule has 0 spiro atoms. The van der Waals surface area contributed by atoms with Gasteiger partial charge in [0.2, 0.25) is 11.8 Å². The number of hydrogen-bond donors (Lipinski definition) is 1. The van der Waals surface area contributed by atoms with E-state index >= 15 is 0 Å². The van der Waals surface area contributed by atoms with Crippen LogP contribution in [0.15, 0.2) is 60.0 Å². The van der Waals surface area contributed by atoms with Crippen molar-refractivity contribution in [1.29, 1.82) is 0 Å². The number of carbonyl (C=O) groups excluding carboxylic acids is 2. The van der Waals surface area contributed by atoms with E-state index in [1.54, 1.807) is 11.9 Å². The van der Waals surface area contributed by atoms with Crippen LogP contribution >= 0.6 is 11.3 Å². The van der Waals surface area contributed by atoms with Crippen LogP contribution in [0.4, 0.5) is 10.8 Å². The number of benzene rings is 2. The van der Waals surface area contributed by atoms with Crippen LogP contribution in [0.1, 0.15) is 31.7 Å². The maximum Gasteiger partial charge on any atom is 0.226 e. The lowest BCUT2D eigenvalue weighted by atomic mass is 10.1. The van der Waals surface area contributed by atoms with Crippen molar-refractivity contribution in [1.82, 2.24) is 4.98 Å². The maximum absolute atomic E-state index is 12.3. The summed E-state index contributed by atoms with van der Waals surface area (Å²) in [6.07, 6.45) is 2.11. The summed E-state index contributed by atoms with van der Waals surface area (Å²) < 4.78 is 0. The molecule has 5 nitrogen and oxygen atoms in total. The van der Waals surface area contributed by atoms with E-state index in [9.17, 15) is 9.59 Å². The van der Waals surface area contributed by atoms with Gasteiger partial charge in [-0.05, 0) is 30.5 Å². The highest BCUT2D eigenvalue weighted by Crippen LogP contribution is 2.25. The minimum atomic E-state index is -0.123. The molecule has 29 heavy (non-hydrogen) atoms. The first kappa shape index (κ1) is 20.7. The number of carbonyl (C=O) groups is 2. The van der Waals surface area contributed by atoms with Crippen molar-refractivity contribution in [2.24, 2.45) is 0 Å². The molecule has 0 saturated carbocycles. The van der Waals surface area contributed by atoms with Crippen LogP contribution in [0.5, 0.6) is 0 Å². The van der Waals surface area contributed by atoms with E-state index in [0.29, 0.717) is 18.0 Å². The van der Waals surface area contributed by atoms with Crippen LogP contribution in [0, 0.1) is 0 Å². The standard InChI is InChI=1S/C23H25N3O2S/c1-3-17-12-14-18(15-13-17)20-16-29-23(24-20)25-21(27)10-7-11-22(28)26(2)19-8-5-4-6-9-19/h4-6,8-9,12-16H,3,7,10-11H2,1-2H3,(H,24,25,27). The molecule has 0 aliphatic heterocycles. The van der Waals surface area contributed by atoms with E-state index in [1.807, 2.05) is 47.8 Å². The van der Waals surface area contributed by atoms with Gasteiger partial charge in [0.1, 0.15) is 0 Å². The molecule has 1 heterocycles. The highest BCUT2D eigenvalue weighted by atomic mass is 32.1. The van der Waals surface area contributed by atoms with Gasteiger partial charge in [-0.3, -0.25) is 9.59 Å². The van der Waals surface area contributed by atoms with Crippen LogP contribution in [-0.4, -0.2) is 23.8 Å². The Hall–Kier alpha value is -2.99. The van der Waals surface area contributed by atoms with Crippen molar-refractivity contribution in [2.45, 2.75) is 32.6 Å². The zero-order valence-corrected chi connectivity index (χ0v) is 17.5. The van der Waals surface area contributed by atoms with E-state index in [0.717, 1.165) is 23.4 Å². The Morgan fingerprint density at radius 2 is 1.76 bits per heavy atom. The maximum atomic E-state index is 12.3. The fraction of sp³-hybridized carbons (Fsp3) is 0.261. The zero-order chi connectivity index (χ0) is 20.6. The van der Waals surface area contributed by atoms with Gasteiger partial charge in [0, 0.05) is 36.5 Å². The van der Waals surface area contributed by atoms with E-state index in [2.05, 4.69) is 29.4 Å². The Labute approximate surface area is 175 Å². The van der Waals surface area contributed by atoms with Crippen molar-refractivity contribution in [3.63, 3.8) is 0 Å². The van der Waals surface area contributed by atoms with Gasteiger partial charge in [-0.2, -0.15) is 0 Å². The summed E-state index contributed by atoms with van der Waals surface area (Å²) in [5, 5.41) is 5.35. The average molecular weight is 408 g/mol. The topological polar surface area (TPSA) is 62.3 Å². The second-order valence-electron chi connectivity index (χ2n) is 6.78. The van der Waals surface area contributed by atoms with E-state index < -0.39 is 0 Å². The first-order valence-electron chi connectivity index (χ1n) is 9.73. The predicted molar refractivity (Wildman–Crippen MR) is 119 cm³/mol. The third-order valence-electron chi connectivity index (χ3n) is 4.72. The highest BCUT2D eigenvalue weighted by Gasteiger charge is 2.12. The van der Waals surface area contributed by atoms with Crippen molar-refractivity contribution in [3.05, 3.63) is 65.5 Å². The van der Waals surface area contributed by atoms with Gasteiger partial charge in [-0.1, -0.05) is 49.4 Å². The summed E-state index contributed by atoms with van der Waals surface area (Å²) >= 11 is 1.41. The summed E-state index contributed by atoms with van der Waals surface area (Å²) in [4.78, 5) is 30.6. The number of anilines is 2. The smallest absolute Gasteiger partial charge is 0.226 e. The summed E-state index contributed by atoms with van der Waals surface area (Å²) in [5.41, 5.74) is 4.02. The second-order valence-corrected chi connectivity index (χ2v) is 7.64. The number of aryl methyl sites for hydroxylation is 1. The van der Waals surface area contributed by atoms with Gasteiger partial charge in [-0.25, -0.2) is 4.98 Å². The van der Waals surface area contributed by atoms with Gasteiger partial charge in [0.15, 0.2) is 5.13 Å². The van der Waals surface area contributed by atoms with E-state index in [4.69, 9.17) is 0 Å². The van der Waals surface area contributed by atoms with Crippen LogP contribution in [0.2, 0.25) is 0 Å². The average Bonchev–Trinajstić information content (AvgIpc) is 3.22. The van der Waals surface area contributed by atoms with Gasteiger partial charge < -0.3 is 10.2 Å². The fourth-order valence-corrected chi connectivity index (χ4v) is 3.66. The van der Waals surface area contributed by atoms with Crippen LogP contribution in [0.25, 0.3) is 11.3 Å². The molecule has 150 valence electrons. The molecule has 0 aliphatic carbocycles. The minimum absolute atomic E-state index is 0.00365. The Balaban J connectivity index is 1.46. The molecule has 3 aromatic rings. The summed E-state index contributed by atoms with van der Waals surface area (Å²) in [6, 6.07) is 17.8. The molecular formula is C23H25N3O2S. The quantitative estimate of drug-likeness (QED) is 0.562. The van der Waals surface area contributed by atoms with Crippen molar-refractivity contribution in [3.8, 4) is 11.3 Å². The number of thiazole rings is 1. The Bertz CT molecular complexity index is 952. The van der Waals surface area contributed by atoms with Crippen LogP contribution in [-0.2, 0) is 16.0 Å². The van der Waals surface area contributed by atoms with Crippen LogP contribution < -0.4 is 10.2 Å². The van der Waals surface area contributed by atoms with Gasteiger partial charge >= 0.3 is 0 Å². The lowest BCUT2D eigenvalue weighted by Gasteiger charge is -2.17. The number of nitrogens with zero attached hydrogens (tertiary/aromatic N) is 2. The first-order valence-corrected chi connectivity index (χ1v) is 10.6. The number of nitrogens with one attached hydrogen (secondary N) is 1. The van der Waals surface area contributed by atoms with Crippen molar-refractivity contribution >= 4 is 34.0 Å². The number of amides is 2. The Morgan fingerprint density at radius 3 is 2.45 bits per heavy atom. The van der Waals surface area contributed by atoms with Gasteiger partial charge in [0.25, 0.3) is 0 Å². The Kier molecular flexibility index (Phi) is 7.14. The van der Waals surface area contributed by atoms with E-state index in [-0.39, 0.29) is 18.2 Å². The van der Waals surface area contributed by atoms with Gasteiger partial charge in [0.05, 0.1) is 5.69 Å². The molecule has 0 radical (unpaired) electrons. The molecule has 0 bridgehead atoms. The van der Waals surface area contributed by atoms with E-state index in [1.165, 1.54) is 16.9 Å². The first-order chi connectivity index (χ1) is 14.1. The zero-order valence-electron chi connectivity index (χ0n) is 16.7. The molecule has 1 N–H and O–H groups in total. The summed E-state index contributed by atoms with van der Waals surface area (Å²) in [5.74, 6) is -0.126. The molecule has 0 unspecified atom stereocenters. The number of aromatic nitrogens is 1. The molecule has 0 aliphatic rings. The number of hydrogen-bond acceptors (Lipinski definition) is 4. The fourth-order valence-electron chi connectivity index (χ4n) is 2.92. The van der Waals surface area contributed by atoms with Crippen molar-refractivity contribution < 1.29 is 9.59 Å². The molecule has 2 aromatic carbocycles. The third-order valence-corrected chi connectivity index (χ3v) is 5.48. The highest BCUT2D eigenvalue weighted by molar-refractivity contribution is 7.14. The minimum Gasteiger partial charge on any atom is -0.316 e. The molecule has 0 fully saturated rings. The summed E-state index contributed by atoms with van der Waals surface area (Å²) in [7, 11) is 1.75. The normalized spacial score (nSPS) is 10.6. The largest absolute Gasteiger partial charge is 0.316 e. The summed E-state index contributed by atoms with van der Waals surface area (Å²) in [6.45, 7) is 2.12.